The van der Waals surface area contributed by atoms with Gasteiger partial charge in [-0.2, -0.15) is 0 Å². The Labute approximate surface area is 124 Å². The van der Waals surface area contributed by atoms with Crippen LogP contribution in [0.3, 0.4) is 0 Å². The maximum atomic E-state index is 12.2. The normalized spacial score (nSPS) is 11.7. The van der Waals surface area contributed by atoms with Gasteiger partial charge in [-0.15, -0.1) is 0 Å². The number of ether oxygens (including phenoxy) is 1. The van der Waals surface area contributed by atoms with Crippen LogP contribution < -0.4 is 5.32 Å². The molecule has 0 aliphatic heterocycles. The molecule has 2 N–H and O–H groups in total. The molecule has 0 saturated heterocycles. The van der Waals surface area contributed by atoms with E-state index in [9.17, 15) is 9.59 Å². The van der Waals surface area contributed by atoms with Crippen LogP contribution in [0.4, 0.5) is 4.79 Å². The lowest BCUT2D eigenvalue weighted by Gasteiger charge is -2.25. The van der Waals surface area contributed by atoms with E-state index in [-0.39, 0.29) is 12.5 Å². The number of hydrogen-bond donors (Lipinski definition) is 2. The molecule has 2 amide bonds. The molecule has 6 nitrogen and oxygen atoms in total. The number of methoxy groups -OCH3 is 1. The van der Waals surface area contributed by atoms with Crippen molar-refractivity contribution in [1.29, 1.82) is 0 Å². The Morgan fingerprint density at radius 3 is 2.52 bits per heavy atom. The highest BCUT2D eigenvalue weighted by Crippen LogP contribution is 2.16. The van der Waals surface area contributed by atoms with Gasteiger partial charge in [0.05, 0.1) is 19.1 Å². The van der Waals surface area contributed by atoms with Gasteiger partial charge in [-0.1, -0.05) is 30.3 Å². The number of carbonyl (C=O) groups is 2. The van der Waals surface area contributed by atoms with Crippen LogP contribution in [-0.4, -0.2) is 48.8 Å². The van der Waals surface area contributed by atoms with Gasteiger partial charge in [-0.05, 0) is 12.5 Å². The average Bonchev–Trinajstić information content (AvgIpc) is 2.48. The number of carboxylic acids is 1. The molecule has 1 rings (SSSR count). The molecule has 21 heavy (non-hydrogen) atoms. The fourth-order valence-electron chi connectivity index (χ4n) is 1.96. The zero-order valence-electron chi connectivity index (χ0n) is 12.4. The molecule has 1 aromatic carbocycles. The number of likely N-dealkylation sites (N-methyl/N-ethyl adjacent to an activating group) is 1. The summed E-state index contributed by atoms with van der Waals surface area (Å²) < 4.78 is 4.96. The molecule has 0 saturated carbocycles. The molecule has 116 valence electrons. The first kappa shape index (κ1) is 17.0. The first-order valence-corrected chi connectivity index (χ1v) is 6.89. The molecule has 0 spiro atoms. The summed E-state index contributed by atoms with van der Waals surface area (Å²) in [6.45, 7) is 3.30. The zero-order valence-corrected chi connectivity index (χ0v) is 12.4. The van der Waals surface area contributed by atoms with E-state index in [4.69, 9.17) is 9.84 Å². The molecular weight excluding hydrogens is 272 g/mol. The summed E-state index contributed by atoms with van der Waals surface area (Å²) in [5.74, 6) is -0.955. The number of aliphatic carboxylic acids is 1. The molecule has 1 unspecified atom stereocenters. The smallest absolute Gasteiger partial charge is 0.317 e. The van der Waals surface area contributed by atoms with Crippen LogP contribution in [0, 0.1) is 0 Å². The van der Waals surface area contributed by atoms with Gasteiger partial charge < -0.3 is 20.1 Å². The Morgan fingerprint density at radius 2 is 2.00 bits per heavy atom. The van der Waals surface area contributed by atoms with Crippen LogP contribution in [0.1, 0.15) is 24.9 Å². The zero-order chi connectivity index (χ0) is 15.7. The highest BCUT2D eigenvalue weighted by Gasteiger charge is 2.20. The molecule has 1 aromatic rings. The van der Waals surface area contributed by atoms with Gasteiger partial charge in [-0.3, -0.25) is 4.79 Å². The molecule has 0 aromatic heterocycles. The summed E-state index contributed by atoms with van der Waals surface area (Å²) in [7, 11) is 1.57. The number of rotatable bonds is 8. The van der Waals surface area contributed by atoms with E-state index in [0.29, 0.717) is 19.7 Å². The van der Waals surface area contributed by atoms with E-state index in [2.05, 4.69) is 5.32 Å². The van der Waals surface area contributed by atoms with Gasteiger partial charge in [0, 0.05) is 20.2 Å². The van der Waals surface area contributed by atoms with E-state index < -0.39 is 12.0 Å². The van der Waals surface area contributed by atoms with Crippen molar-refractivity contribution in [2.45, 2.75) is 19.4 Å². The second kappa shape index (κ2) is 8.97. The van der Waals surface area contributed by atoms with Gasteiger partial charge in [-0.25, -0.2) is 4.79 Å². The Morgan fingerprint density at radius 1 is 1.33 bits per heavy atom. The summed E-state index contributed by atoms with van der Waals surface area (Å²) >= 11 is 0. The van der Waals surface area contributed by atoms with Crippen LogP contribution in [0.5, 0.6) is 0 Å². The third-order valence-electron chi connectivity index (χ3n) is 3.11. The van der Waals surface area contributed by atoms with Gasteiger partial charge in [0.25, 0.3) is 0 Å². The van der Waals surface area contributed by atoms with Crippen LogP contribution in [0.25, 0.3) is 0 Å². The molecule has 0 radical (unpaired) electrons. The molecule has 0 fully saturated rings. The van der Waals surface area contributed by atoms with Crippen LogP contribution in [0.2, 0.25) is 0 Å². The SMILES string of the molecule is CCN(CCOC)C(=O)NC(CC(=O)O)c1ccccc1. The number of nitrogens with zero attached hydrogens (tertiary/aromatic N) is 1. The largest absolute Gasteiger partial charge is 0.481 e. The van der Waals surface area contributed by atoms with Crippen molar-refractivity contribution < 1.29 is 19.4 Å². The minimum Gasteiger partial charge on any atom is -0.481 e. The average molecular weight is 294 g/mol. The summed E-state index contributed by atoms with van der Waals surface area (Å²) in [6, 6.07) is 8.26. The lowest BCUT2D eigenvalue weighted by Crippen LogP contribution is -2.43. The van der Waals surface area contributed by atoms with Gasteiger partial charge in [0.1, 0.15) is 0 Å². The maximum Gasteiger partial charge on any atom is 0.317 e. The summed E-state index contributed by atoms with van der Waals surface area (Å²) in [5.41, 5.74) is 0.774. The van der Waals surface area contributed by atoms with E-state index in [1.54, 1.807) is 24.1 Å². The topological polar surface area (TPSA) is 78.9 Å². The summed E-state index contributed by atoms with van der Waals surface area (Å²) in [5, 5.41) is 11.8. The third-order valence-corrected chi connectivity index (χ3v) is 3.11. The van der Waals surface area contributed by atoms with E-state index in [0.717, 1.165) is 5.56 Å². The summed E-state index contributed by atoms with van der Waals surface area (Å²) in [6.07, 6.45) is -0.155. The van der Waals surface area contributed by atoms with Crippen molar-refractivity contribution in [2.75, 3.05) is 26.8 Å². The van der Waals surface area contributed by atoms with Crippen LogP contribution in [-0.2, 0) is 9.53 Å². The van der Waals surface area contributed by atoms with Crippen molar-refractivity contribution in [3.63, 3.8) is 0 Å². The number of amides is 2. The standard InChI is InChI=1S/C15H22N2O4/c1-3-17(9-10-21-2)15(20)16-13(11-14(18)19)12-7-5-4-6-8-12/h4-8,13H,3,9-11H2,1-2H3,(H,16,20)(H,18,19). The first-order valence-electron chi connectivity index (χ1n) is 6.89. The molecule has 0 aliphatic rings. The van der Waals surface area contributed by atoms with Gasteiger partial charge in [0.15, 0.2) is 0 Å². The third kappa shape index (κ3) is 5.83. The fraction of sp³-hybridized carbons (Fsp3) is 0.467. The van der Waals surface area contributed by atoms with Crippen LogP contribution in [0.15, 0.2) is 30.3 Å². The van der Waals surface area contributed by atoms with Gasteiger partial charge >= 0.3 is 12.0 Å². The molecule has 0 aliphatic carbocycles. The molecule has 0 bridgehead atoms. The number of urea groups is 1. The molecule has 1 atom stereocenters. The van der Waals surface area contributed by atoms with Crippen molar-refractivity contribution in [1.82, 2.24) is 10.2 Å². The fourth-order valence-corrected chi connectivity index (χ4v) is 1.96. The van der Waals surface area contributed by atoms with E-state index >= 15 is 0 Å². The monoisotopic (exact) mass is 294 g/mol. The minimum atomic E-state index is -0.955. The molecular formula is C15H22N2O4. The molecule has 0 heterocycles. The Hall–Kier alpha value is -2.08. The number of carbonyl (C=O) groups excluding carboxylic acids is 1. The quantitative estimate of drug-likeness (QED) is 0.767. The number of nitrogens with one attached hydrogen (secondary N) is 1. The number of benzene rings is 1. The van der Waals surface area contributed by atoms with Crippen molar-refractivity contribution in [2.24, 2.45) is 0 Å². The Bertz CT molecular complexity index is 450. The second-order valence-corrected chi connectivity index (χ2v) is 4.58. The number of carboxylic acid groups (broad SMARTS) is 1. The Kier molecular flexibility index (Phi) is 7.25. The lowest BCUT2D eigenvalue weighted by molar-refractivity contribution is -0.137. The highest BCUT2D eigenvalue weighted by molar-refractivity contribution is 5.76. The van der Waals surface area contributed by atoms with Crippen molar-refractivity contribution in [3.8, 4) is 0 Å². The predicted octanol–water partition coefficient (Wildman–Crippen LogP) is 1.88. The van der Waals surface area contributed by atoms with Crippen molar-refractivity contribution >= 4 is 12.0 Å². The van der Waals surface area contributed by atoms with Gasteiger partial charge in [0.2, 0.25) is 0 Å². The number of hydrogen-bond acceptors (Lipinski definition) is 3. The first-order chi connectivity index (χ1) is 10.1. The van der Waals surface area contributed by atoms with E-state index in [1.807, 2.05) is 25.1 Å². The van der Waals surface area contributed by atoms with E-state index in [1.165, 1.54) is 0 Å². The highest BCUT2D eigenvalue weighted by atomic mass is 16.5. The minimum absolute atomic E-state index is 0.155. The predicted molar refractivity (Wildman–Crippen MR) is 79.1 cm³/mol. The summed E-state index contributed by atoms with van der Waals surface area (Å²) in [4.78, 5) is 24.8. The Balaban J connectivity index is 2.76. The lowest BCUT2D eigenvalue weighted by atomic mass is 10.0. The molecule has 6 heteroatoms. The second-order valence-electron chi connectivity index (χ2n) is 4.58. The van der Waals surface area contributed by atoms with Crippen LogP contribution >= 0.6 is 0 Å². The van der Waals surface area contributed by atoms with Crippen molar-refractivity contribution in [3.05, 3.63) is 35.9 Å². The maximum absolute atomic E-state index is 12.2.